The number of ether oxygens (including phenoxy) is 1. The highest BCUT2D eigenvalue weighted by Gasteiger charge is 2.27. The van der Waals surface area contributed by atoms with Crippen molar-refractivity contribution in [3.8, 4) is 5.75 Å². The van der Waals surface area contributed by atoms with E-state index in [4.69, 9.17) is 4.74 Å². The molecule has 2 heterocycles. The molecule has 0 aliphatic carbocycles. The molecule has 0 bridgehead atoms. The van der Waals surface area contributed by atoms with Gasteiger partial charge in [-0.25, -0.2) is 4.79 Å². The van der Waals surface area contributed by atoms with Crippen LogP contribution in [0.2, 0.25) is 0 Å². The van der Waals surface area contributed by atoms with Crippen LogP contribution in [0.25, 0.3) is 0 Å². The Morgan fingerprint density at radius 1 is 1.38 bits per heavy atom. The van der Waals surface area contributed by atoms with Crippen LogP contribution in [0.15, 0.2) is 30.5 Å². The minimum atomic E-state index is -1.07. The summed E-state index contributed by atoms with van der Waals surface area (Å²) < 4.78 is 5.44. The van der Waals surface area contributed by atoms with Gasteiger partial charge in [0.25, 0.3) is 0 Å². The third kappa shape index (κ3) is 2.45. The Bertz CT molecular complexity index is 682. The van der Waals surface area contributed by atoms with E-state index in [0.29, 0.717) is 17.9 Å². The number of fused-ring (bicyclic) bond motifs is 1. The van der Waals surface area contributed by atoms with Crippen LogP contribution in [0.1, 0.15) is 16.1 Å². The number of hydrogen-bond donors (Lipinski definition) is 2. The van der Waals surface area contributed by atoms with Crippen LogP contribution in [0.4, 0.5) is 5.69 Å². The predicted molar refractivity (Wildman–Crippen MR) is 73.5 cm³/mol. The number of hydrogen-bond acceptors (Lipinski definition) is 4. The average Bonchev–Trinajstić information content (AvgIpc) is 2.98. The number of aromatic nitrogens is 2. The molecule has 7 nitrogen and oxygen atoms in total. The Labute approximate surface area is 120 Å². The van der Waals surface area contributed by atoms with Crippen LogP contribution in [-0.2, 0) is 11.2 Å². The Hall–Kier alpha value is -2.83. The molecule has 1 aromatic heterocycles. The first-order valence-electron chi connectivity index (χ1n) is 6.44. The van der Waals surface area contributed by atoms with Crippen molar-refractivity contribution in [1.82, 2.24) is 10.2 Å². The number of anilines is 1. The van der Waals surface area contributed by atoms with Gasteiger partial charge in [0.15, 0.2) is 5.75 Å². The van der Waals surface area contributed by atoms with Gasteiger partial charge < -0.3 is 14.7 Å². The van der Waals surface area contributed by atoms with E-state index in [2.05, 4.69) is 10.2 Å². The molecular formula is C14H13N3O4. The summed E-state index contributed by atoms with van der Waals surface area (Å²) >= 11 is 0. The number of carboxylic acids is 1. The molecule has 1 aromatic carbocycles. The first-order valence-corrected chi connectivity index (χ1v) is 6.44. The van der Waals surface area contributed by atoms with E-state index < -0.39 is 5.97 Å². The van der Waals surface area contributed by atoms with Crippen molar-refractivity contribution in [2.45, 2.75) is 6.42 Å². The van der Waals surface area contributed by atoms with Gasteiger partial charge in [-0.2, -0.15) is 5.10 Å². The van der Waals surface area contributed by atoms with E-state index in [9.17, 15) is 14.7 Å². The predicted octanol–water partition coefficient (Wildman–Crippen LogP) is 1.08. The third-order valence-electron chi connectivity index (χ3n) is 3.28. The van der Waals surface area contributed by atoms with E-state index in [0.717, 1.165) is 0 Å². The lowest BCUT2D eigenvalue weighted by Crippen LogP contribution is -2.39. The zero-order chi connectivity index (χ0) is 14.8. The number of nitrogens with one attached hydrogen (secondary N) is 1. The molecular weight excluding hydrogens is 274 g/mol. The standard InChI is InChI=1S/C14H13N3O4/c18-12(8-9-4-5-15-16-9)17-6-7-21-13-10(14(19)20)2-1-3-11(13)17/h1-5H,6-8H2,(H,15,16)(H,19,20). The van der Waals surface area contributed by atoms with E-state index in [1.165, 1.54) is 6.07 Å². The van der Waals surface area contributed by atoms with Crippen molar-refractivity contribution in [3.63, 3.8) is 0 Å². The van der Waals surface area contributed by atoms with Gasteiger partial charge in [0, 0.05) is 11.9 Å². The molecule has 0 radical (unpaired) electrons. The Balaban J connectivity index is 1.92. The number of para-hydroxylation sites is 1. The third-order valence-corrected chi connectivity index (χ3v) is 3.28. The SMILES string of the molecule is O=C(O)c1cccc2c1OCCN2C(=O)Cc1ccn[nH]1. The minimum absolute atomic E-state index is 0.0616. The summed E-state index contributed by atoms with van der Waals surface area (Å²) in [5.41, 5.74) is 1.26. The molecule has 2 N–H and O–H groups in total. The molecule has 7 heteroatoms. The quantitative estimate of drug-likeness (QED) is 0.880. The Kier molecular flexibility index (Phi) is 3.31. The molecule has 0 saturated carbocycles. The van der Waals surface area contributed by atoms with Crippen molar-refractivity contribution >= 4 is 17.6 Å². The van der Waals surface area contributed by atoms with E-state index >= 15 is 0 Å². The molecule has 108 valence electrons. The molecule has 1 amide bonds. The molecule has 2 aromatic rings. The normalized spacial score (nSPS) is 13.4. The van der Waals surface area contributed by atoms with Crippen LogP contribution in [-0.4, -0.2) is 40.3 Å². The fourth-order valence-electron chi connectivity index (χ4n) is 2.32. The summed E-state index contributed by atoms with van der Waals surface area (Å²) in [6.07, 6.45) is 1.76. The van der Waals surface area contributed by atoms with Gasteiger partial charge in [-0.15, -0.1) is 0 Å². The molecule has 0 spiro atoms. The monoisotopic (exact) mass is 287 g/mol. The Morgan fingerprint density at radius 3 is 2.95 bits per heavy atom. The van der Waals surface area contributed by atoms with Gasteiger partial charge in [-0.05, 0) is 18.2 Å². The van der Waals surface area contributed by atoms with Crippen molar-refractivity contribution in [2.24, 2.45) is 0 Å². The highest BCUT2D eigenvalue weighted by molar-refractivity contribution is 6.00. The molecule has 0 unspecified atom stereocenters. The molecule has 3 rings (SSSR count). The lowest BCUT2D eigenvalue weighted by molar-refractivity contribution is -0.118. The topological polar surface area (TPSA) is 95.5 Å². The number of benzene rings is 1. The van der Waals surface area contributed by atoms with Gasteiger partial charge >= 0.3 is 5.97 Å². The Morgan fingerprint density at radius 2 is 2.24 bits per heavy atom. The number of H-pyrrole nitrogens is 1. The average molecular weight is 287 g/mol. The van der Waals surface area contributed by atoms with Gasteiger partial charge in [0.1, 0.15) is 12.2 Å². The van der Waals surface area contributed by atoms with Crippen LogP contribution >= 0.6 is 0 Å². The summed E-state index contributed by atoms with van der Waals surface area (Å²) in [4.78, 5) is 25.1. The second-order valence-electron chi connectivity index (χ2n) is 4.61. The number of carbonyl (C=O) groups is 2. The zero-order valence-electron chi connectivity index (χ0n) is 11.1. The smallest absolute Gasteiger partial charge is 0.339 e. The summed E-state index contributed by atoms with van der Waals surface area (Å²) in [7, 11) is 0. The summed E-state index contributed by atoms with van der Waals surface area (Å²) in [6.45, 7) is 0.662. The number of nitrogens with zero attached hydrogens (tertiary/aromatic N) is 2. The maximum Gasteiger partial charge on any atom is 0.339 e. The molecule has 1 aliphatic rings. The minimum Gasteiger partial charge on any atom is -0.489 e. The van der Waals surface area contributed by atoms with E-state index in [-0.39, 0.29) is 30.2 Å². The van der Waals surface area contributed by atoms with Crippen molar-refractivity contribution in [1.29, 1.82) is 0 Å². The number of carbonyl (C=O) groups excluding carboxylic acids is 1. The fourth-order valence-corrected chi connectivity index (χ4v) is 2.32. The van der Waals surface area contributed by atoms with Crippen molar-refractivity contribution < 1.29 is 19.4 Å². The molecule has 0 atom stereocenters. The second-order valence-corrected chi connectivity index (χ2v) is 4.61. The van der Waals surface area contributed by atoms with Gasteiger partial charge in [0.05, 0.1) is 18.7 Å². The number of aromatic amines is 1. The maximum atomic E-state index is 12.4. The summed E-state index contributed by atoms with van der Waals surface area (Å²) in [5.74, 6) is -0.963. The molecule has 0 fully saturated rings. The lowest BCUT2D eigenvalue weighted by Gasteiger charge is -2.30. The zero-order valence-corrected chi connectivity index (χ0v) is 11.1. The van der Waals surface area contributed by atoms with Crippen molar-refractivity contribution in [3.05, 3.63) is 41.7 Å². The number of aromatic carboxylic acids is 1. The molecule has 21 heavy (non-hydrogen) atoms. The maximum absolute atomic E-state index is 12.4. The van der Waals surface area contributed by atoms with Gasteiger partial charge in [-0.1, -0.05) is 6.07 Å². The van der Waals surface area contributed by atoms with Crippen LogP contribution < -0.4 is 9.64 Å². The molecule has 1 aliphatic heterocycles. The van der Waals surface area contributed by atoms with E-state index in [1.807, 2.05) is 0 Å². The highest BCUT2D eigenvalue weighted by Crippen LogP contribution is 2.35. The summed E-state index contributed by atoms with van der Waals surface area (Å²) in [5, 5.41) is 15.7. The van der Waals surface area contributed by atoms with Crippen LogP contribution in [0.3, 0.4) is 0 Å². The summed E-state index contributed by atoms with van der Waals surface area (Å²) in [6, 6.07) is 6.48. The van der Waals surface area contributed by atoms with E-state index in [1.54, 1.807) is 29.3 Å². The second kappa shape index (κ2) is 5.28. The molecule has 0 saturated heterocycles. The van der Waals surface area contributed by atoms with Crippen LogP contribution in [0.5, 0.6) is 5.75 Å². The number of carboxylic acid groups (broad SMARTS) is 1. The largest absolute Gasteiger partial charge is 0.489 e. The highest BCUT2D eigenvalue weighted by atomic mass is 16.5. The van der Waals surface area contributed by atoms with Gasteiger partial charge in [0.2, 0.25) is 5.91 Å². The number of amides is 1. The van der Waals surface area contributed by atoms with Crippen molar-refractivity contribution in [2.75, 3.05) is 18.1 Å². The fraction of sp³-hybridized carbons (Fsp3) is 0.214. The number of rotatable bonds is 3. The van der Waals surface area contributed by atoms with Crippen LogP contribution in [0, 0.1) is 0 Å². The lowest BCUT2D eigenvalue weighted by atomic mass is 10.1. The first kappa shape index (κ1) is 13.2. The van der Waals surface area contributed by atoms with Gasteiger partial charge in [-0.3, -0.25) is 9.89 Å². The first-order chi connectivity index (χ1) is 10.2.